The number of aryl methyl sites for hydroxylation is 2. The number of fused-ring (bicyclic) bond motifs is 1. The molecule has 1 heterocycles. The van der Waals surface area contributed by atoms with Gasteiger partial charge in [0.25, 0.3) is 5.91 Å². The van der Waals surface area contributed by atoms with Crippen molar-refractivity contribution in [3.8, 4) is 0 Å². The Morgan fingerprint density at radius 3 is 2.95 bits per heavy atom. The van der Waals surface area contributed by atoms with Crippen LogP contribution in [0, 0.1) is 5.82 Å². The minimum Gasteiger partial charge on any atom is -0.266 e. The van der Waals surface area contributed by atoms with Gasteiger partial charge in [-0.1, -0.05) is 12.1 Å². The SMILES string of the molecule is O=C(NN=Cc1cccc(F)c1)c1cc2c(s1)CCCC2. The molecule has 0 fully saturated rings. The van der Waals surface area contributed by atoms with Gasteiger partial charge >= 0.3 is 0 Å². The molecule has 1 N–H and O–H groups in total. The molecule has 0 aliphatic heterocycles. The molecular formula is C16H15FN2OS. The molecule has 3 nitrogen and oxygen atoms in total. The van der Waals surface area contributed by atoms with Crippen molar-refractivity contribution in [3.05, 3.63) is 57.0 Å². The Kier molecular flexibility index (Phi) is 4.10. The van der Waals surface area contributed by atoms with Gasteiger partial charge in [0.1, 0.15) is 5.82 Å². The number of hydrazone groups is 1. The van der Waals surface area contributed by atoms with E-state index in [0.717, 1.165) is 12.8 Å². The first-order valence-corrected chi connectivity index (χ1v) is 7.74. The van der Waals surface area contributed by atoms with E-state index in [0.29, 0.717) is 10.4 Å². The molecule has 1 amide bonds. The third-order valence-electron chi connectivity index (χ3n) is 3.45. The number of carbonyl (C=O) groups is 1. The number of hydrogen-bond acceptors (Lipinski definition) is 3. The van der Waals surface area contributed by atoms with Crippen molar-refractivity contribution >= 4 is 23.5 Å². The summed E-state index contributed by atoms with van der Waals surface area (Å²) >= 11 is 1.55. The van der Waals surface area contributed by atoms with E-state index in [2.05, 4.69) is 10.5 Å². The second kappa shape index (κ2) is 6.18. The molecule has 1 aromatic heterocycles. The predicted octanol–water partition coefficient (Wildman–Crippen LogP) is 3.53. The van der Waals surface area contributed by atoms with Gasteiger partial charge in [0.15, 0.2) is 0 Å². The molecule has 0 atom stereocenters. The number of carbonyl (C=O) groups excluding carboxylic acids is 1. The van der Waals surface area contributed by atoms with Crippen LogP contribution in [0.4, 0.5) is 4.39 Å². The van der Waals surface area contributed by atoms with Crippen LogP contribution in [0.15, 0.2) is 35.4 Å². The average molecular weight is 302 g/mol. The lowest BCUT2D eigenvalue weighted by molar-refractivity contribution is 0.0959. The number of rotatable bonds is 3. The zero-order valence-electron chi connectivity index (χ0n) is 11.4. The van der Waals surface area contributed by atoms with E-state index >= 15 is 0 Å². The lowest BCUT2D eigenvalue weighted by Gasteiger charge is -2.08. The third kappa shape index (κ3) is 3.36. The summed E-state index contributed by atoms with van der Waals surface area (Å²) in [5, 5.41) is 3.88. The van der Waals surface area contributed by atoms with Crippen molar-refractivity contribution in [2.45, 2.75) is 25.7 Å². The summed E-state index contributed by atoms with van der Waals surface area (Å²) in [6, 6.07) is 8.02. The summed E-state index contributed by atoms with van der Waals surface area (Å²) in [5.41, 5.74) is 4.40. The molecule has 1 aliphatic rings. The second-order valence-corrected chi connectivity index (χ2v) is 6.16. The second-order valence-electron chi connectivity index (χ2n) is 5.02. The number of thiophene rings is 1. The van der Waals surface area contributed by atoms with E-state index in [1.54, 1.807) is 23.5 Å². The lowest BCUT2D eigenvalue weighted by Crippen LogP contribution is -2.16. The summed E-state index contributed by atoms with van der Waals surface area (Å²) in [4.78, 5) is 14.0. The molecule has 2 aromatic rings. The summed E-state index contributed by atoms with van der Waals surface area (Å²) < 4.78 is 13.0. The van der Waals surface area contributed by atoms with Crippen LogP contribution >= 0.6 is 11.3 Å². The first-order valence-electron chi connectivity index (χ1n) is 6.93. The molecular weight excluding hydrogens is 287 g/mol. The van der Waals surface area contributed by atoms with Gasteiger partial charge in [-0.2, -0.15) is 5.10 Å². The fourth-order valence-corrected chi connectivity index (χ4v) is 3.55. The van der Waals surface area contributed by atoms with E-state index in [1.165, 1.54) is 41.6 Å². The zero-order chi connectivity index (χ0) is 14.7. The molecule has 5 heteroatoms. The molecule has 0 spiro atoms. The van der Waals surface area contributed by atoms with Crippen LogP contribution in [0.3, 0.4) is 0 Å². The van der Waals surface area contributed by atoms with Gasteiger partial charge in [-0.3, -0.25) is 4.79 Å². The Morgan fingerprint density at radius 1 is 1.29 bits per heavy atom. The molecule has 108 valence electrons. The van der Waals surface area contributed by atoms with Gasteiger partial charge in [-0.05, 0) is 55.0 Å². The topological polar surface area (TPSA) is 41.5 Å². The molecule has 0 radical (unpaired) electrons. The molecule has 0 unspecified atom stereocenters. The molecule has 3 rings (SSSR count). The maximum absolute atomic E-state index is 13.0. The predicted molar refractivity (Wildman–Crippen MR) is 82.4 cm³/mol. The number of halogens is 1. The summed E-state index contributed by atoms with van der Waals surface area (Å²) in [6.07, 6.45) is 5.97. The van der Waals surface area contributed by atoms with E-state index in [4.69, 9.17) is 0 Å². The minimum atomic E-state index is -0.323. The van der Waals surface area contributed by atoms with Gasteiger partial charge in [0, 0.05) is 4.88 Å². The Balaban J connectivity index is 1.65. The maximum Gasteiger partial charge on any atom is 0.281 e. The summed E-state index contributed by atoms with van der Waals surface area (Å²) in [6.45, 7) is 0. The minimum absolute atomic E-state index is 0.206. The Bertz CT molecular complexity index is 670. The Labute approximate surface area is 126 Å². The first kappa shape index (κ1) is 13.9. The Morgan fingerprint density at radius 2 is 2.14 bits per heavy atom. The van der Waals surface area contributed by atoms with E-state index in [9.17, 15) is 9.18 Å². The molecule has 0 bridgehead atoms. The first-order chi connectivity index (χ1) is 10.2. The molecule has 0 saturated heterocycles. The van der Waals surface area contributed by atoms with E-state index in [1.807, 2.05) is 6.07 Å². The number of benzene rings is 1. The van der Waals surface area contributed by atoms with E-state index in [-0.39, 0.29) is 11.7 Å². The third-order valence-corrected chi connectivity index (χ3v) is 4.68. The monoisotopic (exact) mass is 302 g/mol. The highest BCUT2D eigenvalue weighted by atomic mass is 32.1. The number of nitrogens with one attached hydrogen (secondary N) is 1. The van der Waals surface area contributed by atoms with Crippen LogP contribution in [0.1, 0.15) is 38.5 Å². The fraction of sp³-hybridized carbons (Fsp3) is 0.250. The number of nitrogens with zero attached hydrogens (tertiary/aromatic N) is 1. The van der Waals surface area contributed by atoms with Crippen LogP contribution in [-0.4, -0.2) is 12.1 Å². The highest BCUT2D eigenvalue weighted by Crippen LogP contribution is 2.29. The van der Waals surface area contributed by atoms with Crippen molar-refractivity contribution in [1.82, 2.24) is 5.43 Å². The van der Waals surface area contributed by atoms with Gasteiger partial charge < -0.3 is 0 Å². The molecule has 21 heavy (non-hydrogen) atoms. The van der Waals surface area contributed by atoms with Crippen molar-refractivity contribution in [3.63, 3.8) is 0 Å². The largest absolute Gasteiger partial charge is 0.281 e. The molecule has 1 aliphatic carbocycles. The number of amides is 1. The summed E-state index contributed by atoms with van der Waals surface area (Å²) in [5.74, 6) is -0.529. The fourth-order valence-electron chi connectivity index (χ4n) is 2.41. The van der Waals surface area contributed by atoms with Crippen molar-refractivity contribution in [2.75, 3.05) is 0 Å². The lowest BCUT2D eigenvalue weighted by atomic mass is 9.99. The zero-order valence-corrected chi connectivity index (χ0v) is 12.3. The van der Waals surface area contributed by atoms with Gasteiger partial charge in [-0.25, -0.2) is 9.82 Å². The van der Waals surface area contributed by atoms with Crippen LogP contribution < -0.4 is 5.43 Å². The van der Waals surface area contributed by atoms with Crippen molar-refractivity contribution < 1.29 is 9.18 Å². The normalized spacial score (nSPS) is 14.1. The highest BCUT2D eigenvalue weighted by molar-refractivity contribution is 7.14. The smallest absolute Gasteiger partial charge is 0.266 e. The highest BCUT2D eigenvalue weighted by Gasteiger charge is 2.16. The van der Waals surface area contributed by atoms with E-state index < -0.39 is 0 Å². The summed E-state index contributed by atoms with van der Waals surface area (Å²) in [7, 11) is 0. The van der Waals surface area contributed by atoms with Gasteiger partial charge in [0.05, 0.1) is 11.1 Å². The van der Waals surface area contributed by atoms with Crippen molar-refractivity contribution in [1.29, 1.82) is 0 Å². The van der Waals surface area contributed by atoms with Crippen LogP contribution in [0.5, 0.6) is 0 Å². The number of hydrogen-bond donors (Lipinski definition) is 1. The average Bonchev–Trinajstić information content (AvgIpc) is 2.91. The van der Waals surface area contributed by atoms with Crippen molar-refractivity contribution in [2.24, 2.45) is 5.10 Å². The standard InChI is InChI=1S/C16H15FN2OS/c17-13-6-3-4-11(8-13)10-18-19-16(20)15-9-12-5-1-2-7-14(12)21-15/h3-4,6,8-10H,1-2,5,7H2,(H,19,20). The van der Waals surface area contributed by atoms with Crippen LogP contribution in [-0.2, 0) is 12.8 Å². The molecule has 1 aromatic carbocycles. The quantitative estimate of drug-likeness (QED) is 0.684. The van der Waals surface area contributed by atoms with Gasteiger partial charge in [-0.15, -0.1) is 11.3 Å². The van der Waals surface area contributed by atoms with Crippen LogP contribution in [0.25, 0.3) is 0 Å². The van der Waals surface area contributed by atoms with Crippen LogP contribution in [0.2, 0.25) is 0 Å². The molecule has 0 saturated carbocycles. The Hall–Kier alpha value is -2.01. The maximum atomic E-state index is 13.0. The van der Waals surface area contributed by atoms with Gasteiger partial charge in [0.2, 0.25) is 0 Å².